The SMILES string of the molecule is O=C(O)c1nc(CI)n(-c2ccc(Cl)cc2C(=O)c2ccccc2Cl)n1. The number of ketones is 1. The molecular weight excluding hydrogens is 492 g/mol. The molecule has 2 aromatic carbocycles. The molecule has 0 saturated carbocycles. The van der Waals surface area contributed by atoms with Crippen molar-refractivity contribution >= 4 is 57.5 Å². The molecule has 0 saturated heterocycles. The van der Waals surface area contributed by atoms with Crippen molar-refractivity contribution in [2.75, 3.05) is 0 Å². The summed E-state index contributed by atoms with van der Waals surface area (Å²) in [4.78, 5) is 28.2. The third-order valence-electron chi connectivity index (χ3n) is 3.53. The van der Waals surface area contributed by atoms with Gasteiger partial charge in [0.05, 0.1) is 15.1 Å². The molecule has 0 spiro atoms. The van der Waals surface area contributed by atoms with Gasteiger partial charge in [0.25, 0.3) is 5.82 Å². The van der Waals surface area contributed by atoms with Crippen LogP contribution in [0.15, 0.2) is 42.5 Å². The van der Waals surface area contributed by atoms with Crippen LogP contribution in [-0.4, -0.2) is 31.6 Å². The quantitative estimate of drug-likeness (QED) is 0.317. The van der Waals surface area contributed by atoms with Gasteiger partial charge in [0.15, 0.2) is 5.78 Å². The van der Waals surface area contributed by atoms with Gasteiger partial charge in [0.1, 0.15) is 5.82 Å². The predicted octanol–water partition coefficient (Wildman–Crippen LogP) is 4.44. The molecule has 0 aliphatic heterocycles. The van der Waals surface area contributed by atoms with Crippen LogP contribution in [0, 0.1) is 0 Å². The highest BCUT2D eigenvalue weighted by Gasteiger charge is 2.22. The third kappa shape index (κ3) is 3.60. The molecule has 3 aromatic rings. The lowest BCUT2D eigenvalue weighted by Gasteiger charge is -2.11. The summed E-state index contributed by atoms with van der Waals surface area (Å²) in [5.74, 6) is -1.54. The monoisotopic (exact) mass is 501 g/mol. The Labute approximate surface area is 171 Å². The first-order valence-corrected chi connectivity index (χ1v) is 9.55. The molecule has 0 aliphatic rings. The molecule has 6 nitrogen and oxygen atoms in total. The van der Waals surface area contributed by atoms with Crippen LogP contribution < -0.4 is 0 Å². The van der Waals surface area contributed by atoms with E-state index >= 15 is 0 Å². The number of aromatic nitrogens is 3. The predicted molar refractivity (Wildman–Crippen MR) is 106 cm³/mol. The lowest BCUT2D eigenvalue weighted by atomic mass is 10.0. The zero-order valence-electron chi connectivity index (χ0n) is 13.0. The minimum absolute atomic E-state index is 0.249. The largest absolute Gasteiger partial charge is 0.475 e. The number of carboxylic acid groups (broad SMARTS) is 1. The minimum atomic E-state index is -1.25. The number of aromatic carboxylic acids is 1. The molecule has 0 atom stereocenters. The van der Waals surface area contributed by atoms with Crippen LogP contribution in [0.2, 0.25) is 10.0 Å². The number of alkyl halides is 1. The lowest BCUT2D eigenvalue weighted by molar-refractivity contribution is 0.0683. The summed E-state index contributed by atoms with van der Waals surface area (Å²) in [6, 6.07) is 11.4. The molecule has 3 rings (SSSR count). The molecule has 1 N–H and O–H groups in total. The Morgan fingerprint density at radius 1 is 1.12 bits per heavy atom. The smallest absolute Gasteiger partial charge is 0.375 e. The average Bonchev–Trinajstić information content (AvgIpc) is 3.06. The molecule has 0 unspecified atom stereocenters. The van der Waals surface area contributed by atoms with Crippen LogP contribution in [-0.2, 0) is 4.43 Å². The van der Waals surface area contributed by atoms with E-state index in [0.717, 1.165) is 0 Å². The molecule has 1 heterocycles. The summed E-state index contributed by atoms with van der Waals surface area (Å²) >= 11 is 14.3. The average molecular weight is 502 g/mol. The van der Waals surface area contributed by atoms with Crippen molar-refractivity contribution < 1.29 is 14.7 Å². The molecule has 26 heavy (non-hydrogen) atoms. The van der Waals surface area contributed by atoms with Crippen LogP contribution in [0.1, 0.15) is 32.4 Å². The number of carbonyl (C=O) groups excluding carboxylic acids is 1. The fourth-order valence-corrected chi connectivity index (χ4v) is 3.27. The highest BCUT2D eigenvalue weighted by Crippen LogP contribution is 2.26. The first kappa shape index (κ1) is 18.8. The lowest BCUT2D eigenvalue weighted by Crippen LogP contribution is -2.11. The molecule has 0 radical (unpaired) electrons. The maximum atomic E-state index is 13.0. The summed E-state index contributed by atoms with van der Waals surface area (Å²) in [5, 5.41) is 13.8. The van der Waals surface area contributed by atoms with E-state index in [-0.39, 0.29) is 17.2 Å². The number of rotatable bonds is 5. The zero-order chi connectivity index (χ0) is 18.8. The topological polar surface area (TPSA) is 85.1 Å². The van der Waals surface area contributed by atoms with Gasteiger partial charge in [-0.3, -0.25) is 4.79 Å². The van der Waals surface area contributed by atoms with Crippen molar-refractivity contribution in [2.24, 2.45) is 0 Å². The van der Waals surface area contributed by atoms with Gasteiger partial charge in [-0.05, 0) is 30.3 Å². The van der Waals surface area contributed by atoms with Crippen molar-refractivity contribution in [3.8, 4) is 5.69 Å². The summed E-state index contributed by atoms with van der Waals surface area (Å²) in [5.41, 5.74) is 0.941. The second-order valence-corrected chi connectivity index (χ2v) is 6.78. The van der Waals surface area contributed by atoms with Crippen LogP contribution in [0.5, 0.6) is 0 Å². The highest BCUT2D eigenvalue weighted by atomic mass is 127. The highest BCUT2D eigenvalue weighted by molar-refractivity contribution is 14.1. The van der Waals surface area contributed by atoms with Crippen molar-refractivity contribution in [3.05, 3.63) is 75.3 Å². The summed E-state index contributed by atoms with van der Waals surface area (Å²) in [6.45, 7) is 0. The van der Waals surface area contributed by atoms with Gasteiger partial charge < -0.3 is 5.11 Å². The molecular formula is C17H10Cl2IN3O3. The van der Waals surface area contributed by atoms with E-state index in [1.54, 1.807) is 36.4 Å². The number of carboxylic acids is 1. The third-order valence-corrected chi connectivity index (χ3v) is 4.78. The Balaban J connectivity index is 2.21. The van der Waals surface area contributed by atoms with Crippen LogP contribution in [0.4, 0.5) is 0 Å². The first-order valence-electron chi connectivity index (χ1n) is 7.26. The van der Waals surface area contributed by atoms with Gasteiger partial charge in [-0.25, -0.2) is 14.5 Å². The fraction of sp³-hybridized carbons (Fsp3) is 0.0588. The maximum Gasteiger partial charge on any atom is 0.375 e. The van der Waals surface area contributed by atoms with Gasteiger partial charge in [-0.2, -0.15) is 0 Å². The van der Waals surface area contributed by atoms with Crippen LogP contribution >= 0.6 is 45.8 Å². The van der Waals surface area contributed by atoms with Gasteiger partial charge in [0.2, 0.25) is 0 Å². The number of halogens is 3. The maximum absolute atomic E-state index is 13.0. The standard InChI is InChI=1S/C17H10Cl2IN3O3/c18-9-5-6-13(23-14(8-20)21-16(22-23)17(25)26)11(7-9)15(24)10-3-1-2-4-12(10)19/h1-7H,8H2,(H,25,26). The normalized spacial score (nSPS) is 10.7. The van der Waals surface area contributed by atoms with E-state index in [2.05, 4.69) is 10.1 Å². The Morgan fingerprint density at radius 3 is 2.50 bits per heavy atom. The minimum Gasteiger partial charge on any atom is -0.475 e. The molecule has 132 valence electrons. The van der Waals surface area contributed by atoms with E-state index in [0.29, 0.717) is 31.5 Å². The second-order valence-electron chi connectivity index (χ2n) is 5.17. The molecule has 1 aromatic heterocycles. The van der Waals surface area contributed by atoms with Crippen LogP contribution in [0.3, 0.4) is 0 Å². The van der Waals surface area contributed by atoms with Crippen molar-refractivity contribution in [3.63, 3.8) is 0 Å². The number of hydrogen-bond donors (Lipinski definition) is 1. The Morgan fingerprint density at radius 2 is 1.85 bits per heavy atom. The molecule has 0 fully saturated rings. The van der Waals surface area contributed by atoms with E-state index in [4.69, 9.17) is 28.3 Å². The summed E-state index contributed by atoms with van der Waals surface area (Å²) in [7, 11) is 0. The molecule has 0 bridgehead atoms. The summed E-state index contributed by atoms with van der Waals surface area (Å²) < 4.78 is 1.75. The number of hydrogen-bond acceptors (Lipinski definition) is 4. The Hall–Kier alpha value is -1.97. The number of benzene rings is 2. The van der Waals surface area contributed by atoms with Crippen molar-refractivity contribution in [1.82, 2.24) is 14.8 Å². The van der Waals surface area contributed by atoms with Crippen molar-refractivity contribution in [2.45, 2.75) is 4.43 Å². The van der Waals surface area contributed by atoms with Crippen molar-refractivity contribution in [1.29, 1.82) is 0 Å². The summed E-state index contributed by atoms with van der Waals surface area (Å²) in [6.07, 6.45) is 0. The molecule has 0 aliphatic carbocycles. The zero-order valence-corrected chi connectivity index (χ0v) is 16.7. The Bertz CT molecular complexity index is 1020. The fourth-order valence-electron chi connectivity index (χ4n) is 2.38. The van der Waals surface area contributed by atoms with E-state index < -0.39 is 5.97 Å². The van der Waals surface area contributed by atoms with Gasteiger partial charge in [-0.15, -0.1) is 5.10 Å². The Kier molecular flexibility index (Phi) is 5.59. The van der Waals surface area contributed by atoms with Gasteiger partial charge in [0, 0.05) is 16.1 Å². The van der Waals surface area contributed by atoms with E-state index in [1.807, 2.05) is 22.6 Å². The number of nitrogens with zero attached hydrogens (tertiary/aromatic N) is 3. The van der Waals surface area contributed by atoms with Gasteiger partial charge >= 0.3 is 5.97 Å². The number of carbonyl (C=O) groups is 2. The second kappa shape index (κ2) is 7.73. The molecule has 9 heteroatoms. The van der Waals surface area contributed by atoms with E-state index in [9.17, 15) is 9.59 Å². The van der Waals surface area contributed by atoms with E-state index in [1.165, 1.54) is 10.7 Å². The molecule has 0 amide bonds. The van der Waals surface area contributed by atoms with Gasteiger partial charge in [-0.1, -0.05) is 57.9 Å². The van der Waals surface area contributed by atoms with Crippen LogP contribution in [0.25, 0.3) is 5.69 Å². The first-order chi connectivity index (χ1) is 12.4.